The number of benzene rings is 2. The minimum atomic E-state index is -0.528. The summed E-state index contributed by atoms with van der Waals surface area (Å²) in [6, 6.07) is 11.4. The highest BCUT2D eigenvalue weighted by molar-refractivity contribution is 6.01. The fraction of sp³-hybridized carbons (Fsp3) is 0.261. The van der Waals surface area contributed by atoms with Gasteiger partial charge in [0.25, 0.3) is 0 Å². The molecule has 2 aromatic carbocycles. The van der Waals surface area contributed by atoms with E-state index in [1.165, 1.54) is 7.11 Å². The molecule has 1 atom stereocenters. The van der Waals surface area contributed by atoms with Gasteiger partial charge in [-0.2, -0.15) is 0 Å². The summed E-state index contributed by atoms with van der Waals surface area (Å²) in [6.07, 6.45) is 2.24. The lowest BCUT2D eigenvalue weighted by Crippen LogP contribution is -2.43. The standard InChI is InChI=1S/C23H24N4O5/c1-30-18-10-6-8-15(21(18)31-2)20-19-17(24-13-25-19)11-12-27(20)23(29)26-16-9-5-4-7-14(16)22(28)32-3/h4-10,13,20H,11-12H2,1-3H3,(H,24,25)(H,26,29). The second kappa shape index (κ2) is 9.01. The first-order chi connectivity index (χ1) is 15.6. The van der Waals surface area contributed by atoms with Crippen LogP contribution in [0, 0.1) is 0 Å². The number of ether oxygens (including phenoxy) is 3. The maximum Gasteiger partial charge on any atom is 0.339 e. The molecule has 0 bridgehead atoms. The van der Waals surface area contributed by atoms with Crippen LogP contribution in [-0.4, -0.2) is 54.7 Å². The van der Waals surface area contributed by atoms with Crippen molar-refractivity contribution in [1.29, 1.82) is 0 Å². The number of hydrogen-bond donors (Lipinski definition) is 2. The Labute approximate surface area is 185 Å². The molecule has 1 aromatic heterocycles. The number of H-pyrrole nitrogens is 1. The van der Waals surface area contributed by atoms with E-state index in [4.69, 9.17) is 14.2 Å². The Morgan fingerprint density at radius 1 is 1.09 bits per heavy atom. The third kappa shape index (κ3) is 3.73. The van der Waals surface area contributed by atoms with Crippen molar-refractivity contribution < 1.29 is 23.8 Å². The molecule has 0 saturated carbocycles. The van der Waals surface area contributed by atoms with Gasteiger partial charge in [0, 0.05) is 24.2 Å². The number of rotatable bonds is 5. The van der Waals surface area contributed by atoms with Gasteiger partial charge in [0.15, 0.2) is 11.5 Å². The fourth-order valence-corrected chi connectivity index (χ4v) is 4.00. The molecular formula is C23H24N4O5. The van der Waals surface area contributed by atoms with Crippen molar-refractivity contribution >= 4 is 17.7 Å². The van der Waals surface area contributed by atoms with E-state index in [2.05, 4.69) is 15.3 Å². The monoisotopic (exact) mass is 436 g/mol. The Morgan fingerprint density at radius 2 is 1.91 bits per heavy atom. The number of methoxy groups -OCH3 is 3. The summed E-state index contributed by atoms with van der Waals surface area (Å²) in [5.74, 6) is 0.563. The highest BCUT2D eigenvalue weighted by Gasteiger charge is 2.36. The number of nitrogens with one attached hydrogen (secondary N) is 2. The minimum Gasteiger partial charge on any atom is -0.493 e. The Kier molecular flexibility index (Phi) is 5.98. The Hall–Kier alpha value is -4.01. The molecule has 1 unspecified atom stereocenters. The van der Waals surface area contributed by atoms with Crippen molar-refractivity contribution in [3.63, 3.8) is 0 Å². The smallest absolute Gasteiger partial charge is 0.339 e. The number of urea groups is 1. The number of aromatic nitrogens is 2. The Balaban J connectivity index is 1.75. The van der Waals surface area contributed by atoms with Crippen molar-refractivity contribution in [2.24, 2.45) is 0 Å². The first kappa shape index (κ1) is 21.2. The highest BCUT2D eigenvalue weighted by Crippen LogP contribution is 2.42. The summed E-state index contributed by atoms with van der Waals surface area (Å²) < 4.78 is 15.9. The first-order valence-electron chi connectivity index (χ1n) is 10.1. The van der Waals surface area contributed by atoms with Crippen LogP contribution in [0.15, 0.2) is 48.8 Å². The van der Waals surface area contributed by atoms with Crippen LogP contribution in [0.5, 0.6) is 11.5 Å². The van der Waals surface area contributed by atoms with Crippen LogP contribution < -0.4 is 14.8 Å². The maximum atomic E-state index is 13.5. The number of imidazole rings is 1. The van der Waals surface area contributed by atoms with Crippen molar-refractivity contribution in [3.05, 3.63) is 71.3 Å². The molecule has 2 heterocycles. The number of esters is 1. The molecule has 2 amide bonds. The van der Waals surface area contributed by atoms with Gasteiger partial charge in [0.05, 0.1) is 44.6 Å². The van der Waals surface area contributed by atoms with E-state index in [-0.39, 0.29) is 11.6 Å². The lowest BCUT2D eigenvalue weighted by atomic mass is 9.95. The number of carbonyl (C=O) groups is 2. The van der Waals surface area contributed by atoms with Crippen LogP contribution >= 0.6 is 0 Å². The van der Waals surface area contributed by atoms with Crippen molar-refractivity contribution in [2.45, 2.75) is 12.5 Å². The van der Waals surface area contributed by atoms with E-state index >= 15 is 0 Å². The van der Waals surface area contributed by atoms with Gasteiger partial charge in [-0.15, -0.1) is 0 Å². The van der Waals surface area contributed by atoms with E-state index < -0.39 is 12.0 Å². The summed E-state index contributed by atoms with van der Waals surface area (Å²) in [5.41, 5.74) is 3.08. The molecule has 0 spiro atoms. The molecule has 32 heavy (non-hydrogen) atoms. The molecule has 4 rings (SSSR count). The number of aromatic amines is 1. The van der Waals surface area contributed by atoms with Crippen LogP contribution in [-0.2, 0) is 11.2 Å². The number of amides is 2. The average molecular weight is 436 g/mol. The van der Waals surface area contributed by atoms with Crippen LogP contribution in [0.3, 0.4) is 0 Å². The average Bonchev–Trinajstić information content (AvgIpc) is 3.31. The van der Waals surface area contributed by atoms with Gasteiger partial charge in [-0.25, -0.2) is 14.6 Å². The maximum absolute atomic E-state index is 13.5. The second-order valence-electron chi connectivity index (χ2n) is 7.16. The molecule has 3 aromatic rings. The zero-order valence-electron chi connectivity index (χ0n) is 18.0. The number of nitrogens with zero attached hydrogens (tertiary/aromatic N) is 2. The normalized spacial score (nSPS) is 15.0. The topological polar surface area (TPSA) is 106 Å². The largest absolute Gasteiger partial charge is 0.493 e. The van der Waals surface area contributed by atoms with E-state index in [1.54, 1.807) is 55.8 Å². The number of hydrogen-bond acceptors (Lipinski definition) is 6. The zero-order valence-corrected chi connectivity index (χ0v) is 18.0. The van der Waals surface area contributed by atoms with E-state index in [0.717, 1.165) is 17.0 Å². The number of carbonyl (C=O) groups excluding carboxylic acids is 2. The SMILES string of the molecule is COC(=O)c1ccccc1NC(=O)N1CCc2[nH]cnc2C1c1cccc(OC)c1OC. The highest BCUT2D eigenvalue weighted by atomic mass is 16.5. The predicted octanol–water partition coefficient (Wildman–Crippen LogP) is 3.39. The summed E-state index contributed by atoms with van der Waals surface area (Å²) in [6.45, 7) is 0.437. The van der Waals surface area contributed by atoms with E-state index in [0.29, 0.717) is 30.2 Å². The molecule has 1 aliphatic heterocycles. The first-order valence-corrected chi connectivity index (χ1v) is 10.1. The lowest BCUT2D eigenvalue weighted by Gasteiger charge is -2.36. The van der Waals surface area contributed by atoms with E-state index in [9.17, 15) is 9.59 Å². The molecule has 0 fully saturated rings. The van der Waals surface area contributed by atoms with Gasteiger partial charge < -0.3 is 29.4 Å². The zero-order chi connectivity index (χ0) is 22.7. The molecule has 0 saturated heterocycles. The number of fused-ring (bicyclic) bond motifs is 1. The predicted molar refractivity (Wildman–Crippen MR) is 117 cm³/mol. The van der Waals surface area contributed by atoms with Crippen molar-refractivity contribution in [2.75, 3.05) is 33.2 Å². The second-order valence-corrected chi connectivity index (χ2v) is 7.16. The molecule has 0 aliphatic carbocycles. The summed E-state index contributed by atoms with van der Waals surface area (Å²) in [5, 5.41) is 2.86. The third-order valence-electron chi connectivity index (χ3n) is 5.49. The van der Waals surface area contributed by atoms with Crippen LogP contribution in [0.4, 0.5) is 10.5 Å². The van der Waals surface area contributed by atoms with Gasteiger partial charge in [-0.3, -0.25) is 0 Å². The quantitative estimate of drug-likeness (QED) is 0.594. The minimum absolute atomic E-state index is 0.274. The van der Waals surface area contributed by atoms with Crippen molar-refractivity contribution in [1.82, 2.24) is 14.9 Å². The molecular weight excluding hydrogens is 412 g/mol. The van der Waals surface area contributed by atoms with Crippen LogP contribution in [0.1, 0.15) is 33.4 Å². The summed E-state index contributed by atoms with van der Waals surface area (Å²) >= 11 is 0. The van der Waals surface area contributed by atoms with Crippen molar-refractivity contribution in [3.8, 4) is 11.5 Å². The molecule has 166 valence electrons. The molecule has 1 aliphatic rings. The van der Waals surface area contributed by atoms with Gasteiger partial charge >= 0.3 is 12.0 Å². The van der Waals surface area contributed by atoms with Crippen LogP contribution in [0.25, 0.3) is 0 Å². The summed E-state index contributed by atoms with van der Waals surface area (Å²) in [7, 11) is 4.43. The third-order valence-corrected chi connectivity index (χ3v) is 5.49. The van der Waals surface area contributed by atoms with Crippen LogP contribution in [0.2, 0.25) is 0 Å². The van der Waals surface area contributed by atoms with Gasteiger partial charge in [0.1, 0.15) is 6.04 Å². The summed E-state index contributed by atoms with van der Waals surface area (Å²) in [4.78, 5) is 34.9. The van der Waals surface area contributed by atoms with Gasteiger partial charge in [0.2, 0.25) is 0 Å². The molecule has 0 radical (unpaired) electrons. The molecule has 9 nitrogen and oxygen atoms in total. The van der Waals surface area contributed by atoms with E-state index in [1.807, 2.05) is 12.1 Å². The fourth-order valence-electron chi connectivity index (χ4n) is 4.00. The molecule has 9 heteroatoms. The Morgan fingerprint density at radius 3 is 2.66 bits per heavy atom. The number of anilines is 1. The number of para-hydroxylation sites is 2. The molecule has 2 N–H and O–H groups in total. The lowest BCUT2D eigenvalue weighted by molar-refractivity contribution is 0.0602. The van der Waals surface area contributed by atoms with Gasteiger partial charge in [-0.1, -0.05) is 24.3 Å². The Bertz CT molecular complexity index is 1140. The van der Waals surface area contributed by atoms with Gasteiger partial charge in [-0.05, 0) is 18.2 Å².